The molecule has 0 amide bonds. The van der Waals surface area contributed by atoms with Gasteiger partial charge in [0.05, 0.1) is 32.6 Å². The Bertz CT molecular complexity index is 1020. The van der Waals surface area contributed by atoms with Crippen molar-refractivity contribution >= 4 is 29.9 Å². The molecular weight excluding hydrogens is 529 g/mol. The van der Waals surface area contributed by atoms with E-state index in [2.05, 4.69) is 56.7 Å². The molecule has 33 heavy (non-hydrogen) atoms. The first-order chi connectivity index (χ1) is 15.7. The van der Waals surface area contributed by atoms with Crippen LogP contribution in [0.3, 0.4) is 0 Å². The van der Waals surface area contributed by atoms with E-state index in [4.69, 9.17) is 9.47 Å². The molecule has 1 fully saturated rings. The summed E-state index contributed by atoms with van der Waals surface area (Å²) < 4.78 is 13.7. The SMILES string of the molecule is CN=C(NCc1ccccc1COCc1ccccc1)N1CCOC(c2cnn(C)c2)C1.I. The highest BCUT2D eigenvalue weighted by molar-refractivity contribution is 14.0. The maximum Gasteiger partial charge on any atom is 0.194 e. The number of nitrogens with one attached hydrogen (secondary N) is 1. The third-order valence-electron chi connectivity index (χ3n) is 5.60. The maximum absolute atomic E-state index is 5.97. The standard InChI is InChI=1S/C25H31N5O2.HI/c1-26-25(30-12-13-32-24(17-30)23-15-28-29(2)16-23)27-14-21-10-6-7-11-22(21)19-31-18-20-8-4-3-5-9-20;/h3-11,15-16,24H,12-14,17-19H2,1-2H3,(H,26,27);1H. The summed E-state index contributed by atoms with van der Waals surface area (Å²) in [7, 11) is 3.75. The predicted octanol–water partition coefficient (Wildman–Crippen LogP) is 3.90. The van der Waals surface area contributed by atoms with Crippen LogP contribution in [0.5, 0.6) is 0 Å². The van der Waals surface area contributed by atoms with Gasteiger partial charge in [-0.2, -0.15) is 5.10 Å². The van der Waals surface area contributed by atoms with Gasteiger partial charge in [0.1, 0.15) is 6.10 Å². The van der Waals surface area contributed by atoms with E-state index in [-0.39, 0.29) is 30.1 Å². The molecular formula is C25H32IN5O2. The first-order valence-electron chi connectivity index (χ1n) is 11.0. The molecule has 1 aromatic heterocycles. The molecule has 1 unspecified atom stereocenters. The van der Waals surface area contributed by atoms with Crippen molar-refractivity contribution in [3.63, 3.8) is 0 Å². The van der Waals surface area contributed by atoms with Crippen molar-refractivity contribution in [1.29, 1.82) is 0 Å². The molecule has 0 aliphatic carbocycles. The smallest absolute Gasteiger partial charge is 0.194 e. The van der Waals surface area contributed by atoms with Crippen molar-refractivity contribution in [1.82, 2.24) is 20.0 Å². The molecule has 0 bridgehead atoms. The van der Waals surface area contributed by atoms with Crippen LogP contribution in [0.25, 0.3) is 0 Å². The Morgan fingerprint density at radius 3 is 2.61 bits per heavy atom. The second-order valence-electron chi connectivity index (χ2n) is 7.90. The Morgan fingerprint density at radius 2 is 1.88 bits per heavy atom. The fourth-order valence-corrected chi connectivity index (χ4v) is 3.88. The highest BCUT2D eigenvalue weighted by Gasteiger charge is 2.25. The molecule has 0 saturated carbocycles. The van der Waals surface area contributed by atoms with Crippen molar-refractivity contribution in [2.75, 3.05) is 26.7 Å². The van der Waals surface area contributed by atoms with Crippen LogP contribution in [0.2, 0.25) is 0 Å². The third-order valence-corrected chi connectivity index (χ3v) is 5.60. The molecule has 1 atom stereocenters. The van der Waals surface area contributed by atoms with E-state index in [1.54, 1.807) is 0 Å². The lowest BCUT2D eigenvalue weighted by Crippen LogP contribution is -2.48. The average Bonchev–Trinajstić information content (AvgIpc) is 3.28. The van der Waals surface area contributed by atoms with E-state index < -0.39 is 0 Å². The van der Waals surface area contributed by atoms with E-state index in [0.717, 1.165) is 24.6 Å². The summed E-state index contributed by atoms with van der Waals surface area (Å²) in [6.07, 6.45) is 3.88. The van der Waals surface area contributed by atoms with Gasteiger partial charge in [0, 0.05) is 38.9 Å². The van der Waals surface area contributed by atoms with Gasteiger partial charge in [0.25, 0.3) is 0 Å². The van der Waals surface area contributed by atoms with Crippen LogP contribution < -0.4 is 5.32 Å². The normalized spacial score (nSPS) is 16.4. The number of aromatic nitrogens is 2. The minimum Gasteiger partial charge on any atom is -0.372 e. The molecule has 1 N–H and O–H groups in total. The van der Waals surface area contributed by atoms with E-state index in [1.165, 1.54) is 16.7 Å². The highest BCUT2D eigenvalue weighted by Crippen LogP contribution is 2.21. The molecule has 3 aromatic rings. The number of aliphatic imine (C=N–C) groups is 1. The number of hydrogen-bond donors (Lipinski definition) is 1. The molecule has 8 heteroatoms. The Morgan fingerprint density at radius 1 is 1.12 bits per heavy atom. The zero-order valence-corrected chi connectivity index (χ0v) is 21.5. The van der Waals surface area contributed by atoms with E-state index in [9.17, 15) is 0 Å². The van der Waals surface area contributed by atoms with Crippen LogP contribution in [0.15, 0.2) is 72.0 Å². The summed E-state index contributed by atoms with van der Waals surface area (Å²) >= 11 is 0. The molecule has 4 rings (SSSR count). The summed E-state index contributed by atoms with van der Waals surface area (Å²) in [5, 5.41) is 7.80. The largest absolute Gasteiger partial charge is 0.372 e. The monoisotopic (exact) mass is 561 g/mol. The summed E-state index contributed by atoms with van der Waals surface area (Å²) in [6, 6.07) is 18.6. The Balaban J connectivity index is 0.00000306. The van der Waals surface area contributed by atoms with Gasteiger partial charge in [-0.1, -0.05) is 54.6 Å². The Kier molecular flexibility index (Phi) is 9.71. The van der Waals surface area contributed by atoms with Crippen LogP contribution in [0.1, 0.15) is 28.4 Å². The van der Waals surface area contributed by atoms with Crippen molar-refractivity contribution in [2.24, 2.45) is 12.0 Å². The zero-order valence-electron chi connectivity index (χ0n) is 19.2. The number of rotatable bonds is 7. The topological polar surface area (TPSA) is 63.9 Å². The molecule has 2 heterocycles. The maximum atomic E-state index is 5.97. The zero-order chi connectivity index (χ0) is 22.2. The number of nitrogens with zero attached hydrogens (tertiary/aromatic N) is 4. The highest BCUT2D eigenvalue weighted by atomic mass is 127. The number of benzene rings is 2. The van der Waals surface area contributed by atoms with Gasteiger partial charge in [-0.3, -0.25) is 9.67 Å². The van der Waals surface area contributed by atoms with E-state index in [1.807, 2.05) is 49.4 Å². The minimum atomic E-state index is -0.00493. The second-order valence-corrected chi connectivity index (χ2v) is 7.90. The van der Waals surface area contributed by atoms with Gasteiger partial charge in [0.2, 0.25) is 0 Å². The Labute approximate surface area is 212 Å². The number of aryl methyl sites for hydroxylation is 1. The summed E-state index contributed by atoms with van der Waals surface area (Å²) in [6.45, 7) is 4.07. The molecule has 0 spiro atoms. The van der Waals surface area contributed by atoms with Gasteiger partial charge in [0.15, 0.2) is 5.96 Å². The molecule has 176 valence electrons. The fourth-order valence-electron chi connectivity index (χ4n) is 3.88. The van der Waals surface area contributed by atoms with Crippen molar-refractivity contribution in [2.45, 2.75) is 25.9 Å². The van der Waals surface area contributed by atoms with Crippen molar-refractivity contribution in [3.8, 4) is 0 Å². The van der Waals surface area contributed by atoms with Crippen LogP contribution in [-0.4, -0.2) is 47.4 Å². The van der Waals surface area contributed by atoms with Gasteiger partial charge in [-0.05, 0) is 16.7 Å². The van der Waals surface area contributed by atoms with E-state index >= 15 is 0 Å². The number of morpholine rings is 1. The number of halogens is 1. The van der Waals surface area contributed by atoms with Gasteiger partial charge in [-0.15, -0.1) is 24.0 Å². The lowest BCUT2D eigenvalue weighted by Gasteiger charge is -2.34. The van der Waals surface area contributed by atoms with Crippen LogP contribution >= 0.6 is 24.0 Å². The molecule has 1 aliphatic heterocycles. The lowest BCUT2D eigenvalue weighted by molar-refractivity contribution is -0.00805. The lowest BCUT2D eigenvalue weighted by atomic mass is 10.1. The van der Waals surface area contributed by atoms with Crippen LogP contribution in [0, 0.1) is 0 Å². The van der Waals surface area contributed by atoms with Crippen LogP contribution in [-0.2, 0) is 36.3 Å². The minimum absolute atomic E-state index is 0. The molecule has 2 aromatic carbocycles. The molecule has 7 nitrogen and oxygen atoms in total. The van der Waals surface area contributed by atoms with Crippen molar-refractivity contribution < 1.29 is 9.47 Å². The molecule has 1 aliphatic rings. The van der Waals surface area contributed by atoms with E-state index in [0.29, 0.717) is 26.4 Å². The third kappa shape index (κ3) is 7.02. The number of guanidine groups is 1. The first-order valence-corrected chi connectivity index (χ1v) is 11.0. The average molecular weight is 561 g/mol. The Hall–Kier alpha value is -2.43. The van der Waals surface area contributed by atoms with Crippen LogP contribution in [0.4, 0.5) is 0 Å². The second kappa shape index (κ2) is 12.7. The van der Waals surface area contributed by atoms with Gasteiger partial charge in [-0.25, -0.2) is 0 Å². The fraction of sp³-hybridized carbons (Fsp3) is 0.360. The molecule has 1 saturated heterocycles. The molecule has 0 radical (unpaired) electrons. The summed E-state index contributed by atoms with van der Waals surface area (Å²) in [4.78, 5) is 6.76. The predicted molar refractivity (Wildman–Crippen MR) is 140 cm³/mol. The summed E-state index contributed by atoms with van der Waals surface area (Å²) in [5.74, 6) is 0.877. The summed E-state index contributed by atoms with van der Waals surface area (Å²) in [5.41, 5.74) is 4.66. The number of ether oxygens (including phenoxy) is 2. The van der Waals surface area contributed by atoms with Gasteiger partial charge < -0.3 is 19.7 Å². The number of hydrogen-bond acceptors (Lipinski definition) is 4. The first kappa shape index (κ1) is 25.2. The van der Waals surface area contributed by atoms with Gasteiger partial charge >= 0.3 is 0 Å². The quantitative estimate of drug-likeness (QED) is 0.270. The van der Waals surface area contributed by atoms with Crippen molar-refractivity contribution in [3.05, 3.63) is 89.2 Å².